The van der Waals surface area contributed by atoms with E-state index in [-0.39, 0.29) is 11.3 Å². The molecule has 0 amide bonds. The van der Waals surface area contributed by atoms with Gasteiger partial charge in [0.2, 0.25) is 5.78 Å². The number of carbonyl (C=O) groups is 1. The van der Waals surface area contributed by atoms with Gasteiger partial charge in [0.05, 0.1) is 11.3 Å². The number of nitrogens with zero attached hydrogens (tertiary/aromatic N) is 2. The quantitative estimate of drug-likeness (QED) is 0.177. The van der Waals surface area contributed by atoms with Crippen molar-refractivity contribution in [2.75, 3.05) is 0 Å². The molecule has 5 heteroatoms. The fourth-order valence-corrected chi connectivity index (χ4v) is 5.92. The van der Waals surface area contributed by atoms with E-state index in [9.17, 15) is 13.6 Å². The van der Waals surface area contributed by atoms with Crippen LogP contribution in [-0.4, -0.2) is 12.0 Å². The van der Waals surface area contributed by atoms with Crippen LogP contribution in [-0.2, 0) is 17.1 Å². The van der Waals surface area contributed by atoms with Crippen molar-refractivity contribution in [2.45, 2.75) is 139 Å². The molecule has 2 aromatic rings. The summed E-state index contributed by atoms with van der Waals surface area (Å²) < 4.78 is 29.6. The lowest BCUT2D eigenvalue weighted by Crippen LogP contribution is -2.11. The lowest BCUT2D eigenvalue weighted by atomic mass is 9.88. The largest absolute Gasteiger partial charge is 0.360 e. The molecule has 0 bridgehead atoms. The molecule has 1 fully saturated rings. The molecule has 286 valence electrons. The molecular formula is C48H65F2N2O+. The van der Waals surface area contributed by atoms with Crippen LogP contribution >= 0.6 is 0 Å². The van der Waals surface area contributed by atoms with Crippen molar-refractivity contribution in [3.8, 4) is 6.07 Å². The van der Waals surface area contributed by atoms with Gasteiger partial charge in [0.15, 0.2) is 0 Å². The molecule has 5 rings (SSSR count). The van der Waals surface area contributed by atoms with Crippen LogP contribution < -0.4 is 0 Å². The molecule has 0 radical (unpaired) electrons. The Hall–Kier alpha value is -4.43. The number of carbonyl (C=O) groups excluding carboxylic acids is 1. The summed E-state index contributed by atoms with van der Waals surface area (Å²) in [4.78, 5) is 21.2. The van der Waals surface area contributed by atoms with Crippen LogP contribution in [0.25, 0.3) is 16.0 Å². The van der Waals surface area contributed by atoms with E-state index in [1.54, 1.807) is 24.4 Å². The van der Waals surface area contributed by atoms with E-state index in [0.29, 0.717) is 17.6 Å². The molecule has 1 aliphatic carbocycles. The number of benzene rings is 2. The van der Waals surface area contributed by atoms with E-state index in [1.807, 2.05) is 124 Å². The molecule has 1 atom stereocenters. The van der Waals surface area contributed by atoms with Crippen molar-refractivity contribution in [2.24, 2.45) is 4.99 Å². The molecule has 3 nitrogen and oxygen atoms in total. The third kappa shape index (κ3) is 13.8. The maximum atomic E-state index is 14.8. The van der Waals surface area contributed by atoms with Gasteiger partial charge in [0.1, 0.15) is 5.56 Å². The summed E-state index contributed by atoms with van der Waals surface area (Å²) in [6, 6.07) is 11.6. The van der Waals surface area contributed by atoms with E-state index in [2.05, 4.69) is 22.5 Å². The molecule has 0 spiro atoms. The van der Waals surface area contributed by atoms with E-state index in [1.165, 1.54) is 38.5 Å². The van der Waals surface area contributed by atoms with Gasteiger partial charge < -0.3 is 0 Å². The maximum Gasteiger partial charge on any atom is 0.360 e. The molecular weight excluding hydrogens is 659 g/mol. The molecule has 0 N–H and O–H groups in total. The Bertz CT molecular complexity index is 1730. The third-order valence-electron chi connectivity index (χ3n) is 8.76. The Balaban J connectivity index is 0.00000102. The standard InChI is InChI=1S/C36H35F2N2O.C6H12.3C2H6/c1-7-9-11-29(31-21-33-27(17-18-39-33)20-32(31)36(6,37)38)24(4)14-13-23(3)25(5)26-15-16-30-28(19-26)22-40-35(30)34(41)12-10-8-2;1-2-4-6-5-3-1;3*1-2/h7,9-16,18-21,35H,5,8,17H2,1-4,6H3;1-6H2;3*1-2H3/q+1;;;;/b9-7-,12-10+,23-13+,24-14+,29-11+;;;;. The van der Waals surface area contributed by atoms with Crippen molar-refractivity contribution < 1.29 is 13.6 Å². The van der Waals surface area contributed by atoms with Gasteiger partial charge in [-0.15, -0.1) is 0 Å². The highest BCUT2D eigenvalue weighted by Crippen LogP contribution is 2.41. The van der Waals surface area contributed by atoms with Gasteiger partial charge in [-0.05, 0) is 96.5 Å². The second kappa shape index (κ2) is 24.7. The van der Waals surface area contributed by atoms with Crippen molar-refractivity contribution in [3.63, 3.8) is 0 Å². The third-order valence-corrected chi connectivity index (χ3v) is 8.76. The lowest BCUT2D eigenvalue weighted by Gasteiger charge is -2.20. The van der Waals surface area contributed by atoms with E-state index in [4.69, 9.17) is 0 Å². The monoisotopic (exact) mass is 724 g/mol. The Labute approximate surface area is 320 Å². The van der Waals surface area contributed by atoms with Crippen LogP contribution in [0, 0.1) is 6.07 Å². The molecule has 2 aliphatic heterocycles. The van der Waals surface area contributed by atoms with E-state index < -0.39 is 12.0 Å². The molecule has 1 unspecified atom stereocenters. The highest BCUT2D eigenvalue weighted by atomic mass is 19.3. The van der Waals surface area contributed by atoms with Gasteiger partial charge in [0.25, 0.3) is 5.92 Å². The topological polar surface area (TPSA) is 33.8 Å². The van der Waals surface area contributed by atoms with Gasteiger partial charge in [-0.25, -0.2) is 8.78 Å². The number of rotatable bonds is 10. The Kier molecular flexibility index (Phi) is 21.8. The van der Waals surface area contributed by atoms with Crippen molar-refractivity contribution >= 4 is 28.8 Å². The minimum Gasteiger partial charge on any atom is -0.285 e. The zero-order valence-corrected chi connectivity index (χ0v) is 34.5. The summed E-state index contributed by atoms with van der Waals surface area (Å²) >= 11 is 0. The number of hydrogen-bond acceptors (Lipinski definition) is 2. The molecule has 2 aromatic carbocycles. The van der Waals surface area contributed by atoms with Crippen molar-refractivity contribution in [1.29, 1.82) is 0 Å². The van der Waals surface area contributed by atoms with E-state index >= 15 is 0 Å². The lowest BCUT2D eigenvalue weighted by molar-refractivity contribution is -0.115. The molecule has 3 aliphatic rings. The summed E-state index contributed by atoms with van der Waals surface area (Å²) in [6.07, 6.45) is 25.0. The first-order valence-electron chi connectivity index (χ1n) is 19.8. The number of aliphatic imine (C=N–C) groups is 1. The van der Waals surface area contributed by atoms with Crippen molar-refractivity contribution in [1.82, 2.24) is 0 Å². The molecule has 1 saturated carbocycles. The first kappa shape index (κ1) is 46.6. The number of hydrogen-bond donors (Lipinski definition) is 0. The number of ketones is 1. The molecule has 0 saturated heterocycles. The number of halogens is 2. The van der Waals surface area contributed by atoms with Crippen LogP contribution in [0.15, 0.2) is 95.6 Å². The Morgan fingerprint density at radius 3 is 2.11 bits per heavy atom. The number of fused-ring (bicyclic) bond motifs is 2. The normalized spacial score (nSPS) is 16.0. The van der Waals surface area contributed by atoms with Gasteiger partial charge in [-0.2, -0.15) is 0 Å². The smallest absolute Gasteiger partial charge is 0.285 e. The second-order valence-corrected chi connectivity index (χ2v) is 12.5. The van der Waals surface area contributed by atoms with Gasteiger partial charge >= 0.3 is 12.1 Å². The first-order chi connectivity index (χ1) is 25.5. The molecule has 0 aromatic heterocycles. The zero-order valence-electron chi connectivity index (χ0n) is 34.5. The highest BCUT2D eigenvalue weighted by Gasteiger charge is 2.35. The minimum atomic E-state index is -3.01. The number of alkyl halides is 2. The summed E-state index contributed by atoms with van der Waals surface area (Å²) in [6.45, 7) is 25.0. The van der Waals surface area contributed by atoms with Crippen LogP contribution in [0.4, 0.5) is 14.5 Å². The Morgan fingerprint density at radius 1 is 0.943 bits per heavy atom. The zero-order chi connectivity index (χ0) is 40.0. The fraction of sp³-hybridized carbons (Fsp3) is 0.438. The van der Waals surface area contributed by atoms with Gasteiger partial charge in [-0.1, -0.05) is 141 Å². The molecule has 53 heavy (non-hydrogen) atoms. The van der Waals surface area contributed by atoms with Crippen LogP contribution in [0.2, 0.25) is 0 Å². The summed E-state index contributed by atoms with van der Waals surface area (Å²) in [5.41, 5.74) is 7.80. The van der Waals surface area contributed by atoms with Gasteiger partial charge in [-0.3, -0.25) is 9.79 Å². The minimum absolute atomic E-state index is 0.00612. The predicted octanol–water partition coefficient (Wildman–Crippen LogP) is 15.3. The average molecular weight is 724 g/mol. The SMILES string of the molecule is C1CCCCC1.C=C(/C(C)=C/C=C(C)/C(=C\C=C/C)c1cc2c(cc1C(C)(F)F)CC=N2)c1ccc2c(c1)C#[N+]C2C(=O)/C=C/CC.CC.CC.CC. The van der Waals surface area contributed by atoms with Crippen LogP contribution in [0.5, 0.6) is 0 Å². The summed E-state index contributed by atoms with van der Waals surface area (Å²) in [7, 11) is 0. The van der Waals surface area contributed by atoms with Crippen LogP contribution in [0.1, 0.15) is 161 Å². The maximum absolute atomic E-state index is 14.8. The fourth-order valence-electron chi connectivity index (χ4n) is 5.92. The molecule has 2 heterocycles. The Morgan fingerprint density at radius 2 is 1.55 bits per heavy atom. The second-order valence-electron chi connectivity index (χ2n) is 12.5. The average Bonchev–Trinajstić information content (AvgIpc) is 3.85. The first-order valence-corrected chi connectivity index (χ1v) is 19.8. The summed E-state index contributed by atoms with van der Waals surface area (Å²) in [5, 5.41) is 0. The van der Waals surface area contributed by atoms with Gasteiger partial charge in [0, 0.05) is 25.1 Å². The van der Waals surface area contributed by atoms with Crippen molar-refractivity contribution in [3.05, 3.63) is 129 Å². The predicted molar refractivity (Wildman–Crippen MR) is 229 cm³/mol. The number of allylic oxidation sites excluding steroid dienone is 10. The highest BCUT2D eigenvalue weighted by molar-refractivity contribution is 5.98. The van der Waals surface area contributed by atoms with Crippen LogP contribution in [0.3, 0.4) is 0 Å². The van der Waals surface area contributed by atoms with E-state index in [0.717, 1.165) is 58.0 Å². The summed E-state index contributed by atoms with van der Waals surface area (Å²) in [5.74, 6) is -3.06.